The molecular weight excluding hydrogens is 484 g/mol. The Kier molecular flexibility index (Phi) is 6.93. The molecule has 3 aromatic rings. The second-order valence-electron chi connectivity index (χ2n) is 10.2. The standard InChI is InChI=1S/C29H32N4O5/c1-4-16(2)25-27(35)32-24(20-13-18-9-5-6-10-19(18)14-20)29(37)33(25)26(22-15-38-17(3)30-22)28(36)31-21-11-7-8-12-23(21)34/h5-12,15-16,20,24-26,34H,4,13-14H2,1-3H3,(H,31,36)(H,32,35)/t16-,24?,25?,26?/m0/s1. The number of nitrogens with one attached hydrogen (secondary N) is 2. The highest BCUT2D eigenvalue weighted by Gasteiger charge is 2.51. The van der Waals surface area contributed by atoms with Crippen molar-refractivity contribution in [1.29, 1.82) is 0 Å². The van der Waals surface area contributed by atoms with E-state index >= 15 is 0 Å². The van der Waals surface area contributed by atoms with Gasteiger partial charge in [-0.3, -0.25) is 14.4 Å². The summed E-state index contributed by atoms with van der Waals surface area (Å²) < 4.78 is 5.43. The SMILES string of the molecule is CC[C@H](C)C1C(=O)NC(C2Cc3ccccc3C2)C(=O)N1C(C(=O)Nc1ccccc1O)c1coc(C)n1. The molecule has 2 heterocycles. The van der Waals surface area contributed by atoms with Gasteiger partial charge in [0.15, 0.2) is 11.9 Å². The molecule has 3 unspecified atom stereocenters. The van der Waals surface area contributed by atoms with Crippen LogP contribution in [0.5, 0.6) is 5.75 Å². The maximum Gasteiger partial charge on any atom is 0.253 e. The smallest absolute Gasteiger partial charge is 0.253 e. The molecule has 38 heavy (non-hydrogen) atoms. The summed E-state index contributed by atoms with van der Waals surface area (Å²) >= 11 is 0. The van der Waals surface area contributed by atoms with Gasteiger partial charge in [-0.25, -0.2) is 4.98 Å². The molecule has 1 aliphatic heterocycles. The van der Waals surface area contributed by atoms with E-state index in [1.807, 2.05) is 38.1 Å². The highest BCUT2D eigenvalue weighted by Crippen LogP contribution is 2.36. The molecule has 2 aliphatic rings. The van der Waals surface area contributed by atoms with Gasteiger partial charge < -0.3 is 25.1 Å². The number of carbonyl (C=O) groups is 3. The Morgan fingerprint density at radius 1 is 1.16 bits per heavy atom. The minimum absolute atomic E-state index is 0.112. The number of anilines is 1. The van der Waals surface area contributed by atoms with E-state index in [1.54, 1.807) is 25.1 Å². The molecule has 3 N–H and O–H groups in total. The molecule has 0 saturated carbocycles. The van der Waals surface area contributed by atoms with Crippen LogP contribution in [0.1, 0.15) is 49.0 Å². The average molecular weight is 517 g/mol. The van der Waals surface area contributed by atoms with Crippen molar-refractivity contribution in [3.05, 3.63) is 77.5 Å². The third-order valence-corrected chi connectivity index (χ3v) is 7.73. The van der Waals surface area contributed by atoms with Gasteiger partial charge in [-0.15, -0.1) is 0 Å². The first-order chi connectivity index (χ1) is 18.3. The molecule has 5 rings (SSSR count). The van der Waals surface area contributed by atoms with Crippen LogP contribution >= 0.6 is 0 Å². The number of carbonyl (C=O) groups excluding carboxylic acids is 3. The summed E-state index contributed by atoms with van der Waals surface area (Å²) in [6, 6.07) is 11.5. The molecular formula is C29H32N4O5. The van der Waals surface area contributed by atoms with Crippen LogP contribution in [0.4, 0.5) is 5.69 Å². The van der Waals surface area contributed by atoms with Crippen LogP contribution in [0.2, 0.25) is 0 Å². The van der Waals surface area contributed by atoms with Crippen molar-refractivity contribution in [2.45, 2.75) is 58.2 Å². The lowest BCUT2D eigenvalue weighted by Crippen LogP contribution is -2.68. The zero-order valence-electron chi connectivity index (χ0n) is 21.7. The van der Waals surface area contributed by atoms with Crippen molar-refractivity contribution in [1.82, 2.24) is 15.2 Å². The van der Waals surface area contributed by atoms with Crippen molar-refractivity contribution in [3.8, 4) is 5.75 Å². The van der Waals surface area contributed by atoms with Crippen molar-refractivity contribution in [2.75, 3.05) is 5.32 Å². The topological polar surface area (TPSA) is 125 Å². The first-order valence-electron chi connectivity index (χ1n) is 13.0. The van der Waals surface area contributed by atoms with Crippen molar-refractivity contribution in [2.24, 2.45) is 11.8 Å². The number of para-hydroxylation sites is 2. The number of benzene rings is 2. The third-order valence-electron chi connectivity index (χ3n) is 7.73. The molecule has 1 saturated heterocycles. The number of rotatable bonds is 7. The quantitative estimate of drug-likeness (QED) is 0.413. The molecule has 1 aromatic heterocycles. The third kappa shape index (κ3) is 4.64. The number of piperazine rings is 1. The summed E-state index contributed by atoms with van der Waals surface area (Å²) in [5.74, 6) is -1.36. The number of fused-ring (bicyclic) bond motifs is 1. The molecule has 9 nitrogen and oxygen atoms in total. The largest absolute Gasteiger partial charge is 0.506 e. The lowest BCUT2D eigenvalue weighted by atomic mass is 9.86. The predicted molar refractivity (Wildman–Crippen MR) is 140 cm³/mol. The van der Waals surface area contributed by atoms with E-state index in [9.17, 15) is 19.5 Å². The second-order valence-corrected chi connectivity index (χ2v) is 10.2. The van der Waals surface area contributed by atoms with E-state index in [-0.39, 0.29) is 40.8 Å². The van der Waals surface area contributed by atoms with E-state index in [1.165, 1.54) is 17.2 Å². The summed E-state index contributed by atoms with van der Waals surface area (Å²) in [7, 11) is 0. The van der Waals surface area contributed by atoms with E-state index in [2.05, 4.69) is 15.6 Å². The monoisotopic (exact) mass is 516 g/mol. The molecule has 1 aliphatic carbocycles. The molecule has 9 heteroatoms. The Bertz CT molecular complexity index is 1340. The molecule has 198 valence electrons. The van der Waals surface area contributed by atoms with Gasteiger partial charge >= 0.3 is 0 Å². The highest BCUT2D eigenvalue weighted by atomic mass is 16.3. The van der Waals surface area contributed by atoms with Crippen LogP contribution in [-0.4, -0.2) is 44.8 Å². The van der Waals surface area contributed by atoms with Gasteiger partial charge in [0.1, 0.15) is 29.8 Å². The highest BCUT2D eigenvalue weighted by molar-refractivity contribution is 6.03. The number of hydrogen-bond donors (Lipinski definition) is 3. The fraction of sp³-hybridized carbons (Fsp3) is 0.379. The number of phenolic OH excluding ortho intramolecular Hbond substituents is 1. The molecule has 3 amide bonds. The maximum atomic E-state index is 14.3. The Morgan fingerprint density at radius 2 is 1.82 bits per heavy atom. The van der Waals surface area contributed by atoms with Gasteiger partial charge in [-0.2, -0.15) is 0 Å². The number of oxazole rings is 1. The lowest BCUT2D eigenvalue weighted by molar-refractivity contribution is -0.158. The fourth-order valence-corrected chi connectivity index (χ4v) is 5.61. The maximum absolute atomic E-state index is 14.3. The van der Waals surface area contributed by atoms with Crippen LogP contribution in [0.3, 0.4) is 0 Å². The second kappa shape index (κ2) is 10.3. The normalized spacial score (nSPS) is 21.1. The summed E-state index contributed by atoms with van der Waals surface area (Å²) in [6.45, 7) is 5.48. The summed E-state index contributed by atoms with van der Waals surface area (Å²) in [5, 5.41) is 16.0. The van der Waals surface area contributed by atoms with Gasteiger partial charge in [0.2, 0.25) is 11.8 Å². The number of amides is 3. The van der Waals surface area contributed by atoms with Gasteiger partial charge in [0.05, 0.1) is 5.69 Å². The van der Waals surface area contributed by atoms with Crippen LogP contribution < -0.4 is 10.6 Å². The molecule has 4 atom stereocenters. The minimum atomic E-state index is -1.24. The Morgan fingerprint density at radius 3 is 2.42 bits per heavy atom. The van der Waals surface area contributed by atoms with Crippen molar-refractivity contribution < 1.29 is 23.9 Å². The number of aryl methyl sites for hydroxylation is 1. The first-order valence-corrected chi connectivity index (χ1v) is 13.0. The van der Waals surface area contributed by atoms with Gasteiger partial charge in [0.25, 0.3) is 5.91 Å². The zero-order valence-corrected chi connectivity index (χ0v) is 21.7. The van der Waals surface area contributed by atoms with E-state index in [0.717, 1.165) is 11.1 Å². The first kappa shape index (κ1) is 25.5. The number of phenols is 1. The summed E-state index contributed by atoms with van der Waals surface area (Å²) in [6.07, 6.45) is 3.28. The number of aromatic nitrogens is 1. The molecule has 2 aromatic carbocycles. The van der Waals surface area contributed by atoms with Crippen LogP contribution in [0.25, 0.3) is 0 Å². The van der Waals surface area contributed by atoms with Crippen molar-refractivity contribution >= 4 is 23.4 Å². The Hall–Kier alpha value is -4.14. The molecule has 1 fully saturated rings. The van der Waals surface area contributed by atoms with Crippen LogP contribution in [0.15, 0.2) is 59.2 Å². The molecule has 0 radical (unpaired) electrons. The fourth-order valence-electron chi connectivity index (χ4n) is 5.61. The van der Waals surface area contributed by atoms with Gasteiger partial charge in [0, 0.05) is 6.92 Å². The number of hydrogen-bond acceptors (Lipinski definition) is 6. The average Bonchev–Trinajstić information content (AvgIpc) is 3.53. The van der Waals surface area contributed by atoms with Crippen molar-refractivity contribution in [3.63, 3.8) is 0 Å². The lowest BCUT2D eigenvalue weighted by Gasteiger charge is -2.45. The van der Waals surface area contributed by atoms with E-state index < -0.39 is 24.0 Å². The van der Waals surface area contributed by atoms with Gasteiger partial charge in [-0.05, 0) is 47.9 Å². The Labute approximate surface area is 221 Å². The number of aromatic hydroxyl groups is 1. The zero-order chi connectivity index (χ0) is 27.0. The predicted octanol–water partition coefficient (Wildman–Crippen LogP) is 3.53. The van der Waals surface area contributed by atoms with E-state index in [4.69, 9.17) is 4.42 Å². The number of nitrogens with zero attached hydrogens (tertiary/aromatic N) is 2. The summed E-state index contributed by atoms with van der Waals surface area (Å²) in [5.41, 5.74) is 2.74. The minimum Gasteiger partial charge on any atom is -0.506 e. The van der Waals surface area contributed by atoms with Crippen LogP contribution in [0, 0.1) is 18.8 Å². The van der Waals surface area contributed by atoms with E-state index in [0.29, 0.717) is 25.2 Å². The summed E-state index contributed by atoms with van der Waals surface area (Å²) in [4.78, 5) is 47.6. The van der Waals surface area contributed by atoms with Gasteiger partial charge in [-0.1, -0.05) is 56.7 Å². The molecule has 0 bridgehead atoms. The Balaban J connectivity index is 1.55. The molecule has 0 spiro atoms. The van der Waals surface area contributed by atoms with Crippen LogP contribution in [-0.2, 0) is 27.2 Å².